The highest BCUT2D eigenvalue weighted by Crippen LogP contribution is 2.38. The van der Waals surface area contributed by atoms with E-state index in [0.29, 0.717) is 0 Å². The largest absolute Gasteiger partial charge is 0.394 e. The summed E-state index contributed by atoms with van der Waals surface area (Å²) in [7, 11) is 0. The maximum Gasteiger partial charge on any atom is 0.330 e. The Kier molecular flexibility index (Phi) is 4.52. The van der Waals surface area contributed by atoms with Crippen LogP contribution in [0.25, 0.3) is 0 Å². The molecule has 1 unspecified atom stereocenters. The van der Waals surface area contributed by atoms with Gasteiger partial charge in [-0.15, -0.1) is 0 Å². The van der Waals surface area contributed by atoms with E-state index in [2.05, 4.69) is 4.98 Å². The van der Waals surface area contributed by atoms with Crippen molar-refractivity contribution < 1.29 is 24.9 Å². The second kappa shape index (κ2) is 5.91. The molecule has 2 rings (SSSR count). The van der Waals surface area contributed by atoms with E-state index in [4.69, 9.17) is 15.5 Å². The summed E-state index contributed by atoms with van der Waals surface area (Å²) in [6.07, 6.45) is -4.14. The number of aryl methyl sites for hydroxylation is 1. The molecule has 0 spiro atoms. The number of aliphatic hydroxyl groups is 3. The lowest BCUT2D eigenvalue weighted by atomic mass is 9.97. The number of ether oxygens (including phenoxy) is 1. The second-order valence-corrected chi connectivity index (χ2v) is 5.25. The third-order valence-electron chi connectivity index (χ3n) is 3.93. The van der Waals surface area contributed by atoms with Crippen LogP contribution in [-0.2, 0) is 15.3 Å². The molecule has 1 aliphatic rings. The van der Waals surface area contributed by atoms with Crippen LogP contribution in [0.1, 0.15) is 12.5 Å². The van der Waals surface area contributed by atoms with Crippen molar-refractivity contribution in [3.8, 4) is 0 Å². The third kappa shape index (κ3) is 2.29. The molecule has 0 saturated carbocycles. The van der Waals surface area contributed by atoms with E-state index in [1.165, 1.54) is 20.0 Å². The molecule has 1 aliphatic heterocycles. The molecule has 6 N–H and O–H groups in total. The van der Waals surface area contributed by atoms with E-state index in [9.17, 15) is 24.9 Å². The summed E-state index contributed by atoms with van der Waals surface area (Å²) < 4.78 is 6.43. The van der Waals surface area contributed by atoms with Gasteiger partial charge in [-0.05, 0) is 13.8 Å². The van der Waals surface area contributed by atoms with Gasteiger partial charge in [0, 0.05) is 11.8 Å². The molecule has 10 heteroatoms. The zero-order valence-corrected chi connectivity index (χ0v) is 12.1. The van der Waals surface area contributed by atoms with E-state index in [1.807, 2.05) is 0 Å². The van der Waals surface area contributed by atoms with Crippen molar-refractivity contribution in [1.29, 1.82) is 0 Å². The average Bonchev–Trinajstić information content (AvgIpc) is 2.75. The van der Waals surface area contributed by atoms with Crippen molar-refractivity contribution in [1.82, 2.24) is 9.55 Å². The molecule has 0 aromatic carbocycles. The summed E-state index contributed by atoms with van der Waals surface area (Å²) >= 11 is 0. The summed E-state index contributed by atoms with van der Waals surface area (Å²) in [6.45, 7) is 2.29. The van der Waals surface area contributed by atoms with E-state index in [1.54, 1.807) is 0 Å². The fraction of sp³-hybridized carbons (Fsp3) is 0.667. The van der Waals surface area contributed by atoms with Gasteiger partial charge in [-0.1, -0.05) is 0 Å². The van der Waals surface area contributed by atoms with E-state index < -0.39 is 48.0 Å². The maximum atomic E-state index is 12.1. The molecule has 1 saturated heterocycles. The molecule has 1 aromatic rings. The molecule has 0 radical (unpaired) electrons. The number of nitrogens with two attached hydrogens (primary N) is 1. The van der Waals surface area contributed by atoms with Crippen molar-refractivity contribution >= 4 is 0 Å². The Labute approximate surface area is 124 Å². The van der Waals surface area contributed by atoms with Crippen LogP contribution in [0.5, 0.6) is 0 Å². The number of aliphatic hydroxyl groups excluding tert-OH is 3. The normalized spacial score (nSPS) is 33.1. The number of nitrogens with one attached hydrogen (secondary N) is 1. The van der Waals surface area contributed by atoms with Crippen LogP contribution >= 0.6 is 0 Å². The minimum atomic E-state index is -1.90. The molecule has 0 aliphatic carbocycles. The highest BCUT2D eigenvalue weighted by atomic mass is 16.7. The average molecular weight is 317 g/mol. The van der Waals surface area contributed by atoms with E-state index in [-0.39, 0.29) is 5.56 Å². The lowest BCUT2D eigenvalue weighted by molar-refractivity contribution is -0.219. The van der Waals surface area contributed by atoms with Gasteiger partial charge in [-0.25, -0.2) is 10.7 Å². The zero-order valence-electron chi connectivity index (χ0n) is 12.1. The third-order valence-corrected chi connectivity index (χ3v) is 3.93. The molecular formula is C12H19N3O7. The Hall–Kier alpha value is -1.56. The Balaban J connectivity index is 2.70. The summed E-state index contributed by atoms with van der Waals surface area (Å²) in [6, 6.07) is 0. The lowest BCUT2D eigenvalue weighted by Crippen LogP contribution is -2.59. The first-order chi connectivity index (χ1) is 10.3. The van der Waals surface area contributed by atoms with E-state index in [0.717, 1.165) is 4.57 Å². The van der Waals surface area contributed by atoms with Gasteiger partial charge in [0.2, 0.25) is 5.72 Å². The van der Waals surface area contributed by atoms with Crippen LogP contribution in [0.2, 0.25) is 0 Å². The number of rotatable bonds is 4. The first-order valence-electron chi connectivity index (χ1n) is 6.63. The van der Waals surface area contributed by atoms with Gasteiger partial charge in [-0.2, -0.15) is 0 Å². The Morgan fingerprint density at radius 2 is 2.18 bits per heavy atom. The maximum absolute atomic E-state index is 12.1. The van der Waals surface area contributed by atoms with Crippen molar-refractivity contribution in [3.05, 3.63) is 32.6 Å². The SMILES string of the molecule is Cc1cn([C@]2(C(C)ON)O[C@H](CO)[C@@H](O)[C@H]2O)c(=O)[nH]c1=O. The standard InChI is InChI=1S/C12H19N3O7/c1-5-3-15(11(20)14-10(5)19)12(6(2)22-13)9(18)8(17)7(4-16)21-12/h3,6-9,16-18H,4,13H2,1-2H3,(H,14,19,20)/t6?,7-,8-,9-,12-/m1/s1. The molecule has 124 valence electrons. The highest BCUT2D eigenvalue weighted by Gasteiger charge is 2.59. The molecule has 1 aromatic heterocycles. The first-order valence-corrected chi connectivity index (χ1v) is 6.63. The lowest BCUT2D eigenvalue weighted by Gasteiger charge is -2.37. The van der Waals surface area contributed by atoms with Crippen molar-refractivity contribution in [2.45, 2.75) is 44.0 Å². The summed E-state index contributed by atoms with van der Waals surface area (Å²) in [4.78, 5) is 30.4. The minimum absolute atomic E-state index is 0.181. The van der Waals surface area contributed by atoms with Crippen LogP contribution in [0.4, 0.5) is 0 Å². The zero-order chi connectivity index (χ0) is 16.7. The van der Waals surface area contributed by atoms with Gasteiger partial charge in [0.1, 0.15) is 24.4 Å². The van der Waals surface area contributed by atoms with E-state index >= 15 is 0 Å². The van der Waals surface area contributed by atoms with Gasteiger partial charge < -0.3 is 20.1 Å². The van der Waals surface area contributed by atoms with Gasteiger partial charge in [0.05, 0.1) is 6.61 Å². The topological polar surface area (TPSA) is 160 Å². The quantitative estimate of drug-likeness (QED) is 0.365. The highest BCUT2D eigenvalue weighted by molar-refractivity contribution is 5.09. The Bertz CT molecular complexity index is 657. The van der Waals surface area contributed by atoms with Gasteiger partial charge >= 0.3 is 5.69 Å². The van der Waals surface area contributed by atoms with Gasteiger partial charge in [0.15, 0.2) is 0 Å². The van der Waals surface area contributed by atoms with Crippen molar-refractivity contribution in [3.63, 3.8) is 0 Å². The van der Waals surface area contributed by atoms with Gasteiger partial charge in [0.25, 0.3) is 5.56 Å². The van der Waals surface area contributed by atoms with Crippen molar-refractivity contribution in [2.24, 2.45) is 5.90 Å². The van der Waals surface area contributed by atoms with Crippen LogP contribution in [0, 0.1) is 6.92 Å². The first kappa shape index (κ1) is 16.8. The molecule has 2 heterocycles. The fourth-order valence-electron chi connectivity index (χ4n) is 2.63. The summed E-state index contributed by atoms with van der Waals surface area (Å²) in [5.41, 5.74) is -3.18. The van der Waals surface area contributed by atoms with Gasteiger partial charge in [-0.3, -0.25) is 19.2 Å². The predicted molar refractivity (Wildman–Crippen MR) is 72.7 cm³/mol. The molecule has 0 bridgehead atoms. The number of aromatic nitrogens is 2. The molecule has 22 heavy (non-hydrogen) atoms. The molecule has 0 amide bonds. The number of aromatic amines is 1. The molecule has 5 atom stereocenters. The van der Waals surface area contributed by atoms with Crippen LogP contribution < -0.4 is 17.1 Å². The smallest absolute Gasteiger partial charge is 0.330 e. The van der Waals surface area contributed by atoms with Crippen LogP contribution in [0.15, 0.2) is 15.8 Å². The Morgan fingerprint density at radius 3 is 2.68 bits per heavy atom. The number of hydrogen-bond acceptors (Lipinski definition) is 8. The molecular weight excluding hydrogens is 298 g/mol. The number of H-pyrrole nitrogens is 1. The van der Waals surface area contributed by atoms with Crippen LogP contribution in [0.3, 0.4) is 0 Å². The monoisotopic (exact) mass is 317 g/mol. The van der Waals surface area contributed by atoms with Crippen LogP contribution in [-0.4, -0.2) is 55.9 Å². The molecule has 10 nitrogen and oxygen atoms in total. The minimum Gasteiger partial charge on any atom is -0.394 e. The summed E-state index contributed by atoms with van der Waals surface area (Å²) in [5.74, 6) is 5.16. The molecule has 1 fully saturated rings. The second-order valence-electron chi connectivity index (χ2n) is 5.25. The number of nitrogens with zero attached hydrogens (tertiary/aromatic N) is 1. The van der Waals surface area contributed by atoms with Crippen molar-refractivity contribution in [2.75, 3.05) is 6.61 Å². The fourth-order valence-corrected chi connectivity index (χ4v) is 2.63. The Morgan fingerprint density at radius 1 is 1.55 bits per heavy atom. The summed E-state index contributed by atoms with van der Waals surface area (Å²) in [5, 5.41) is 29.6. The number of hydrogen-bond donors (Lipinski definition) is 5. The predicted octanol–water partition coefficient (Wildman–Crippen LogP) is -3.11.